The average molecular weight is 285 g/mol. The van der Waals surface area contributed by atoms with Gasteiger partial charge in [0.25, 0.3) is 0 Å². The summed E-state index contributed by atoms with van der Waals surface area (Å²) in [4.78, 5) is 22.5. The smallest absolute Gasteiger partial charge is 0.319 e. The Balaban J connectivity index is 2.57. The van der Waals surface area contributed by atoms with E-state index in [0.29, 0.717) is 10.7 Å². The summed E-state index contributed by atoms with van der Waals surface area (Å²) in [6, 6.07) is 5.82. The lowest BCUT2D eigenvalue weighted by Crippen LogP contribution is -2.42. The summed E-state index contributed by atoms with van der Waals surface area (Å²) >= 11 is 5.74. The summed E-state index contributed by atoms with van der Waals surface area (Å²) in [5.74, 6) is -0.905. The first-order valence-corrected chi connectivity index (χ1v) is 6.31. The molecule has 5 nitrogen and oxygen atoms in total. The van der Waals surface area contributed by atoms with E-state index in [2.05, 4.69) is 10.6 Å². The van der Waals surface area contributed by atoms with E-state index in [0.717, 1.165) is 0 Å². The highest BCUT2D eigenvalue weighted by molar-refractivity contribution is 6.30. The molecule has 0 aliphatic heterocycles. The second-order valence-electron chi connectivity index (χ2n) is 4.55. The van der Waals surface area contributed by atoms with E-state index < -0.39 is 18.0 Å². The summed E-state index contributed by atoms with van der Waals surface area (Å²) in [5.41, 5.74) is 0.597. The maximum absolute atomic E-state index is 11.7. The zero-order valence-corrected chi connectivity index (χ0v) is 11.6. The third-order valence-corrected chi connectivity index (χ3v) is 2.87. The number of aliphatic carboxylic acids is 1. The molecule has 2 amide bonds. The van der Waals surface area contributed by atoms with Crippen LogP contribution in [0, 0.1) is 5.92 Å². The lowest BCUT2D eigenvalue weighted by molar-refractivity contribution is -0.137. The third kappa shape index (κ3) is 5.61. The molecule has 1 aromatic carbocycles. The van der Waals surface area contributed by atoms with Crippen LogP contribution in [0.1, 0.15) is 20.3 Å². The minimum atomic E-state index is -0.939. The number of amides is 2. The Bertz CT molecular complexity index is 446. The molecule has 0 fully saturated rings. The lowest BCUT2D eigenvalue weighted by Gasteiger charge is -2.20. The van der Waals surface area contributed by atoms with Gasteiger partial charge in [0.2, 0.25) is 0 Å². The van der Waals surface area contributed by atoms with Crippen molar-refractivity contribution in [1.82, 2.24) is 5.32 Å². The molecule has 0 aliphatic carbocycles. The molecular weight excluding hydrogens is 268 g/mol. The van der Waals surface area contributed by atoms with E-state index in [-0.39, 0.29) is 12.3 Å². The Kier molecular flexibility index (Phi) is 5.63. The van der Waals surface area contributed by atoms with Crippen LogP contribution < -0.4 is 10.6 Å². The molecule has 0 saturated heterocycles. The van der Waals surface area contributed by atoms with Gasteiger partial charge in [-0.3, -0.25) is 4.79 Å². The molecule has 6 heteroatoms. The van der Waals surface area contributed by atoms with Crippen molar-refractivity contribution >= 4 is 29.3 Å². The molecular formula is C13H17ClN2O3. The molecule has 0 aliphatic rings. The normalized spacial score (nSPS) is 12.0. The molecule has 1 rings (SSSR count). The highest BCUT2D eigenvalue weighted by Gasteiger charge is 2.19. The fraction of sp³-hybridized carbons (Fsp3) is 0.385. The van der Waals surface area contributed by atoms with Crippen molar-refractivity contribution in [1.29, 1.82) is 0 Å². The Morgan fingerprint density at radius 1 is 1.26 bits per heavy atom. The van der Waals surface area contributed by atoms with E-state index in [4.69, 9.17) is 16.7 Å². The number of carbonyl (C=O) groups excluding carboxylic acids is 1. The molecule has 19 heavy (non-hydrogen) atoms. The number of hydrogen-bond donors (Lipinski definition) is 3. The SMILES string of the molecule is CC(C)C(CC(=O)O)NC(=O)Nc1ccc(Cl)cc1. The van der Waals surface area contributed by atoms with Crippen molar-refractivity contribution in [2.24, 2.45) is 5.92 Å². The van der Waals surface area contributed by atoms with Gasteiger partial charge in [-0.15, -0.1) is 0 Å². The second-order valence-corrected chi connectivity index (χ2v) is 4.99. The van der Waals surface area contributed by atoms with Crippen LogP contribution in [0.5, 0.6) is 0 Å². The molecule has 3 N–H and O–H groups in total. The average Bonchev–Trinajstić information content (AvgIpc) is 2.30. The van der Waals surface area contributed by atoms with Crippen molar-refractivity contribution in [2.45, 2.75) is 26.3 Å². The molecule has 0 heterocycles. The van der Waals surface area contributed by atoms with Gasteiger partial charge in [-0.05, 0) is 30.2 Å². The summed E-state index contributed by atoms with van der Waals surface area (Å²) in [6.45, 7) is 3.71. The number of halogens is 1. The maximum atomic E-state index is 11.7. The first-order chi connectivity index (χ1) is 8.88. The van der Waals surface area contributed by atoms with Gasteiger partial charge < -0.3 is 15.7 Å². The number of carboxylic acid groups (broad SMARTS) is 1. The summed E-state index contributed by atoms with van der Waals surface area (Å²) < 4.78 is 0. The zero-order valence-electron chi connectivity index (χ0n) is 10.8. The fourth-order valence-corrected chi connectivity index (χ4v) is 1.64. The van der Waals surface area contributed by atoms with E-state index >= 15 is 0 Å². The minimum Gasteiger partial charge on any atom is -0.481 e. The number of anilines is 1. The number of carboxylic acids is 1. The number of nitrogens with one attached hydrogen (secondary N) is 2. The highest BCUT2D eigenvalue weighted by Crippen LogP contribution is 2.13. The number of carbonyl (C=O) groups is 2. The van der Waals surface area contributed by atoms with Crippen LogP contribution in [0.4, 0.5) is 10.5 Å². The first-order valence-electron chi connectivity index (χ1n) is 5.93. The molecule has 1 atom stereocenters. The third-order valence-electron chi connectivity index (χ3n) is 2.62. The Labute approximate surface area is 117 Å². The molecule has 0 saturated carbocycles. The van der Waals surface area contributed by atoms with Gasteiger partial charge in [0, 0.05) is 16.8 Å². The zero-order chi connectivity index (χ0) is 14.4. The van der Waals surface area contributed by atoms with Crippen molar-refractivity contribution < 1.29 is 14.7 Å². The van der Waals surface area contributed by atoms with E-state index in [9.17, 15) is 9.59 Å². The first kappa shape index (κ1) is 15.3. The summed E-state index contributed by atoms with van der Waals surface area (Å²) in [6.07, 6.45) is -0.105. The summed E-state index contributed by atoms with van der Waals surface area (Å²) in [5, 5.41) is 14.6. The van der Waals surface area contributed by atoms with Crippen molar-refractivity contribution in [3.8, 4) is 0 Å². The Morgan fingerprint density at radius 2 is 1.84 bits per heavy atom. The van der Waals surface area contributed by atoms with Gasteiger partial charge in [-0.2, -0.15) is 0 Å². The van der Waals surface area contributed by atoms with Crippen LogP contribution in [0.2, 0.25) is 5.02 Å². The standard InChI is InChI=1S/C13H17ClN2O3/c1-8(2)11(7-12(17)18)16-13(19)15-10-5-3-9(14)4-6-10/h3-6,8,11H,7H2,1-2H3,(H,17,18)(H2,15,16,19). The van der Waals surface area contributed by atoms with E-state index in [1.807, 2.05) is 13.8 Å². The number of benzene rings is 1. The predicted molar refractivity (Wildman–Crippen MR) is 74.5 cm³/mol. The monoisotopic (exact) mass is 284 g/mol. The van der Waals surface area contributed by atoms with E-state index in [1.54, 1.807) is 24.3 Å². The second kappa shape index (κ2) is 6.99. The lowest BCUT2D eigenvalue weighted by atomic mass is 10.0. The van der Waals surface area contributed by atoms with Crippen molar-refractivity contribution in [3.63, 3.8) is 0 Å². The van der Waals surface area contributed by atoms with E-state index in [1.165, 1.54) is 0 Å². The van der Waals surface area contributed by atoms with Crippen molar-refractivity contribution in [3.05, 3.63) is 29.3 Å². The quantitative estimate of drug-likeness (QED) is 0.778. The molecule has 1 aromatic rings. The minimum absolute atomic E-state index is 0.0343. The van der Waals surface area contributed by atoms with Crippen LogP contribution in [0.3, 0.4) is 0 Å². The highest BCUT2D eigenvalue weighted by atomic mass is 35.5. The van der Waals surface area contributed by atoms with Gasteiger partial charge >= 0.3 is 12.0 Å². The van der Waals surface area contributed by atoms with Crippen LogP contribution in [0.25, 0.3) is 0 Å². The van der Waals surface area contributed by atoms with Crippen LogP contribution >= 0.6 is 11.6 Å². The molecule has 0 bridgehead atoms. The van der Waals surface area contributed by atoms with Gasteiger partial charge in [-0.1, -0.05) is 25.4 Å². The van der Waals surface area contributed by atoms with Crippen molar-refractivity contribution in [2.75, 3.05) is 5.32 Å². The molecule has 1 unspecified atom stereocenters. The summed E-state index contributed by atoms with van der Waals surface area (Å²) in [7, 11) is 0. The molecule has 0 spiro atoms. The van der Waals surface area contributed by atoms with Crippen LogP contribution in [-0.2, 0) is 4.79 Å². The molecule has 104 valence electrons. The topological polar surface area (TPSA) is 78.4 Å². The molecule has 0 aromatic heterocycles. The van der Waals surface area contributed by atoms with Gasteiger partial charge in [0.15, 0.2) is 0 Å². The Morgan fingerprint density at radius 3 is 2.32 bits per heavy atom. The van der Waals surface area contributed by atoms with Gasteiger partial charge in [0.05, 0.1) is 6.42 Å². The number of hydrogen-bond acceptors (Lipinski definition) is 2. The predicted octanol–water partition coefficient (Wildman–Crippen LogP) is 2.96. The molecule has 0 radical (unpaired) electrons. The van der Waals surface area contributed by atoms with Crippen LogP contribution in [0.15, 0.2) is 24.3 Å². The van der Waals surface area contributed by atoms with Gasteiger partial charge in [-0.25, -0.2) is 4.79 Å². The number of rotatable bonds is 5. The number of urea groups is 1. The van der Waals surface area contributed by atoms with Crippen LogP contribution in [-0.4, -0.2) is 23.1 Å². The Hall–Kier alpha value is -1.75. The fourth-order valence-electron chi connectivity index (χ4n) is 1.51. The maximum Gasteiger partial charge on any atom is 0.319 e. The van der Waals surface area contributed by atoms with Gasteiger partial charge in [0.1, 0.15) is 0 Å². The largest absolute Gasteiger partial charge is 0.481 e.